The van der Waals surface area contributed by atoms with Crippen molar-refractivity contribution in [2.24, 2.45) is 0 Å². The van der Waals surface area contributed by atoms with Crippen LogP contribution in [0.2, 0.25) is 0 Å². The van der Waals surface area contributed by atoms with E-state index in [-0.39, 0.29) is 57.4 Å². The third-order valence-electron chi connectivity index (χ3n) is 13.5. The van der Waals surface area contributed by atoms with Crippen molar-refractivity contribution in [3.63, 3.8) is 0 Å². The minimum Gasteiger partial charge on any atom is -0.348 e. The Hall–Kier alpha value is -5.86. The van der Waals surface area contributed by atoms with Gasteiger partial charge in [-0.2, -0.15) is 26.3 Å². The monoisotopic (exact) mass is 1130 g/mol. The Morgan fingerprint density at radius 2 is 1.07 bits per heavy atom. The second kappa shape index (κ2) is 20.8. The predicted molar refractivity (Wildman–Crippen MR) is 276 cm³/mol. The molecule has 12 rings (SSSR count). The number of allylic oxidation sites excluding steroid dienone is 1. The number of hydrogen-bond acceptors (Lipinski definition) is 14. The average Bonchev–Trinajstić information content (AvgIpc) is 4.27. The van der Waals surface area contributed by atoms with Gasteiger partial charge in [0.2, 0.25) is 0 Å². The number of ether oxygens (including phenoxy) is 4. The summed E-state index contributed by atoms with van der Waals surface area (Å²) in [6, 6.07) is 19.2. The molecule has 3 fully saturated rings. The van der Waals surface area contributed by atoms with Gasteiger partial charge in [0.05, 0.1) is 36.2 Å². The fraction of sp³-hybridized carbons (Fsp3) is 0.346. The molecule has 2 aliphatic carbocycles. The predicted octanol–water partition coefficient (Wildman–Crippen LogP) is 12.8. The van der Waals surface area contributed by atoms with E-state index in [2.05, 4.69) is 19.9 Å². The Labute approximate surface area is 442 Å². The number of thiazole rings is 2. The van der Waals surface area contributed by atoms with Crippen LogP contribution in [0, 0.1) is 0 Å². The second-order valence-electron chi connectivity index (χ2n) is 18.0. The molecule has 2 saturated heterocycles. The summed E-state index contributed by atoms with van der Waals surface area (Å²) >= 11 is 1.62. The normalized spacial score (nSPS) is 17.8. The Morgan fingerprint density at radius 3 is 1.51 bits per heavy atom. The maximum Gasteiger partial charge on any atom is 0.434 e. The summed E-state index contributed by atoms with van der Waals surface area (Å²) in [7, 11) is -8.12. The number of pyridine rings is 2. The van der Waals surface area contributed by atoms with Gasteiger partial charge in [-0.3, -0.25) is 0 Å². The van der Waals surface area contributed by atoms with E-state index < -0.39 is 55.4 Å². The number of rotatable bonds is 8. The first-order valence-corrected chi connectivity index (χ1v) is 27.9. The van der Waals surface area contributed by atoms with Gasteiger partial charge in [0.25, 0.3) is 20.0 Å². The first-order chi connectivity index (χ1) is 35.3. The standard InChI is InChI=1S/C25H22F3N3O4S2.C25H20F3N3O4S2.2CH4/c2*26-25(27,28)21-15-36-23(30-21)20-14-31(37(32,33)18-4-2-1-3-5-18)22-19(20)12-17(13-29-22)16-6-8-24(9-7-16)34-10-11-35-24;;/h1-5,12-16H,6-11H2;1-6,12-15H,7-11H2;2*1H4. The first kappa shape index (κ1) is 54.9. The molecule has 76 heavy (non-hydrogen) atoms. The largest absolute Gasteiger partial charge is 0.434 e. The number of benzene rings is 2. The lowest BCUT2D eigenvalue weighted by Gasteiger charge is -2.35. The van der Waals surface area contributed by atoms with Gasteiger partial charge in [0.15, 0.2) is 34.3 Å². The van der Waals surface area contributed by atoms with Crippen LogP contribution in [-0.2, 0) is 51.3 Å². The number of aromatic nitrogens is 6. The van der Waals surface area contributed by atoms with Crippen LogP contribution in [0.4, 0.5) is 26.3 Å². The van der Waals surface area contributed by atoms with Gasteiger partial charge in [-0.25, -0.2) is 44.7 Å². The molecular formula is C52H50F6N6O8S4. The lowest BCUT2D eigenvalue weighted by molar-refractivity contribution is -0.178. The van der Waals surface area contributed by atoms with Gasteiger partial charge in [-0.15, -0.1) is 22.7 Å². The topological polar surface area (TPSA) is 167 Å². The highest BCUT2D eigenvalue weighted by Crippen LogP contribution is 2.45. The molecule has 24 heteroatoms. The highest BCUT2D eigenvalue weighted by atomic mass is 32.2. The van der Waals surface area contributed by atoms with Crippen molar-refractivity contribution < 1.29 is 62.1 Å². The molecule has 8 aromatic rings. The molecule has 2 spiro atoms. The van der Waals surface area contributed by atoms with Crippen LogP contribution >= 0.6 is 22.7 Å². The molecule has 0 bridgehead atoms. The summed E-state index contributed by atoms with van der Waals surface area (Å²) in [6.07, 6.45) is 3.59. The number of hydrogen-bond donors (Lipinski definition) is 0. The van der Waals surface area contributed by atoms with Crippen LogP contribution in [0.25, 0.3) is 48.8 Å². The molecule has 8 heterocycles. The van der Waals surface area contributed by atoms with E-state index in [1.54, 1.807) is 54.9 Å². The van der Waals surface area contributed by atoms with Crippen LogP contribution in [0.3, 0.4) is 0 Å². The van der Waals surface area contributed by atoms with E-state index in [0.717, 1.165) is 83.8 Å². The van der Waals surface area contributed by atoms with E-state index in [9.17, 15) is 43.2 Å². The zero-order valence-electron chi connectivity index (χ0n) is 38.7. The maximum absolute atomic E-state index is 13.5. The molecular weight excluding hydrogens is 1080 g/mol. The molecule has 402 valence electrons. The van der Waals surface area contributed by atoms with Gasteiger partial charge in [-0.05, 0) is 78.3 Å². The van der Waals surface area contributed by atoms with E-state index in [0.29, 0.717) is 62.0 Å². The van der Waals surface area contributed by atoms with Crippen LogP contribution in [0.15, 0.2) is 124 Å². The second-order valence-corrected chi connectivity index (χ2v) is 23.4. The molecule has 4 aliphatic rings. The van der Waals surface area contributed by atoms with Gasteiger partial charge in [0, 0.05) is 83.1 Å². The van der Waals surface area contributed by atoms with Crippen LogP contribution in [0.5, 0.6) is 0 Å². The molecule has 0 amide bonds. The van der Waals surface area contributed by atoms with Crippen molar-refractivity contribution in [1.29, 1.82) is 0 Å². The summed E-state index contributed by atoms with van der Waals surface area (Å²) in [5.41, 5.74) is 1.39. The summed E-state index contributed by atoms with van der Waals surface area (Å²) in [5.74, 6) is -0.991. The zero-order valence-corrected chi connectivity index (χ0v) is 41.9. The van der Waals surface area contributed by atoms with E-state index >= 15 is 0 Å². The van der Waals surface area contributed by atoms with Crippen LogP contribution < -0.4 is 0 Å². The summed E-state index contributed by atoms with van der Waals surface area (Å²) in [6.45, 7) is 2.27. The van der Waals surface area contributed by atoms with Crippen molar-refractivity contribution in [1.82, 2.24) is 27.9 Å². The number of fused-ring (bicyclic) bond motifs is 2. The number of halogens is 6. The van der Waals surface area contributed by atoms with Gasteiger partial charge >= 0.3 is 12.4 Å². The van der Waals surface area contributed by atoms with Crippen LogP contribution in [0.1, 0.15) is 88.2 Å². The molecule has 1 saturated carbocycles. The van der Waals surface area contributed by atoms with Gasteiger partial charge in [-0.1, -0.05) is 57.3 Å². The highest BCUT2D eigenvalue weighted by Gasteiger charge is 2.42. The molecule has 14 nitrogen and oxygen atoms in total. The third kappa shape index (κ3) is 10.4. The Balaban J connectivity index is 0.000000181. The number of alkyl halides is 6. The SMILES string of the molecule is C.C.O=S(=O)(c1ccccc1)n1cc(-c2nc(C(F)(F)F)cs2)c2cc(C3=CCC4(CC3)OCCO4)cnc21.O=S(=O)(c1ccccc1)n1cc(-c2nc(C(F)(F)F)cs2)c2cc(C3CCC4(CC3)OCCO4)cnc21. The molecule has 2 aromatic carbocycles. The third-order valence-corrected chi connectivity index (χ3v) is 18.6. The molecule has 6 aromatic heterocycles. The van der Waals surface area contributed by atoms with Crippen molar-refractivity contribution in [3.05, 3.63) is 137 Å². The van der Waals surface area contributed by atoms with Crippen molar-refractivity contribution in [2.75, 3.05) is 26.4 Å². The van der Waals surface area contributed by atoms with Crippen molar-refractivity contribution >= 4 is 70.4 Å². The van der Waals surface area contributed by atoms with E-state index in [1.807, 2.05) is 12.1 Å². The first-order valence-electron chi connectivity index (χ1n) is 23.3. The van der Waals surface area contributed by atoms with Crippen LogP contribution in [-0.4, -0.2) is 82.7 Å². The smallest absolute Gasteiger partial charge is 0.348 e. The fourth-order valence-corrected chi connectivity index (χ4v) is 14.1. The van der Waals surface area contributed by atoms with E-state index in [1.165, 1.54) is 36.7 Å². The van der Waals surface area contributed by atoms with E-state index in [4.69, 9.17) is 18.9 Å². The maximum atomic E-state index is 13.5. The van der Waals surface area contributed by atoms with Gasteiger partial charge < -0.3 is 18.9 Å². The van der Waals surface area contributed by atoms with Crippen molar-refractivity contribution in [2.45, 2.75) is 99.4 Å². The molecule has 0 radical (unpaired) electrons. The highest BCUT2D eigenvalue weighted by molar-refractivity contribution is 7.90. The minimum absolute atomic E-state index is 0. The molecule has 0 N–H and O–H groups in total. The fourth-order valence-electron chi connectivity index (χ4n) is 9.75. The Bertz CT molecular complexity index is 3650. The lowest BCUT2D eigenvalue weighted by atomic mass is 9.81. The van der Waals surface area contributed by atoms with Crippen molar-refractivity contribution in [3.8, 4) is 21.1 Å². The number of nitrogens with zero attached hydrogens (tertiary/aromatic N) is 6. The quantitative estimate of drug-likeness (QED) is 0.132. The summed E-state index contributed by atoms with van der Waals surface area (Å²) in [4.78, 5) is 16.6. The molecule has 2 aliphatic heterocycles. The van der Waals surface area contributed by atoms with Gasteiger partial charge in [0.1, 0.15) is 10.0 Å². The average molecular weight is 1130 g/mol. The summed E-state index contributed by atoms with van der Waals surface area (Å²) < 4.78 is 159. The molecule has 0 unspecified atom stereocenters. The summed E-state index contributed by atoms with van der Waals surface area (Å²) in [5, 5.41) is 2.83. The zero-order chi connectivity index (χ0) is 51.7. The Morgan fingerprint density at radius 1 is 0.605 bits per heavy atom. The molecule has 0 atom stereocenters. The minimum atomic E-state index is -4.61. The lowest BCUT2D eigenvalue weighted by Crippen LogP contribution is -2.34. The Kier molecular flexibility index (Phi) is 15.1.